The Morgan fingerprint density at radius 2 is 1.94 bits per heavy atom. The van der Waals surface area contributed by atoms with Crippen molar-refractivity contribution in [3.8, 4) is 0 Å². The summed E-state index contributed by atoms with van der Waals surface area (Å²) in [6.07, 6.45) is 0.988. The summed E-state index contributed by atoms with van der Waals surface area (Å²) < 4.78 is 0.930. The summed E-state index contributed by atoms with van der Waals surface area (Å²) in [6.45, 7) is 0. The lowest BCUT2D eigenvalue weighted by molar-refractivity contribution is -0.110. The highest BCUT2D eigenvalue weighted by Crippen LogP contribution is 2.13. The van der Waals surface area contributed by atoms with Gasteiger partial charge in [0, 0.05) is 10.2 Å². The highest BCUT2D eigenvalue weighted by Gasteiger charge is 1.97. The van der Waals surface area contributed by atoms with E-state index in [1.54, 1.807) is 12.1 Å². The van der Waals surface area contributed by atoms with Gasteiger partial charge in [0.15, 0.2) is 0 Å². The van der Waals surface area contributed by atoms with Gasteiger partial charge in [-0.3, -0.25) is 4.79 Å². The number of guanidine groups is 1. The lowest BCUT2D eigenvalue weighted by atomic mass is 10.3. The first kappa shape index (κ1) is 12.2. The molecule has 0 aromatic heterocycles. The number of anilines is 1. The van der Waals surface area contributed by atoms with Crippen LogP contribution in [0, 0.1) is 0 Å². The number of nitrogens with two attached hydrogens (primary N) is 2. The zero-order chi connectivity index (χ0) is 12.0. The summed E-state index contributed by atoms with van der Waals surface area (Å²) in [5.41, 5.74) is 10.7. The van der Waals surface area contributed by atoms with Gasteiger partial charge >= 0.3 is 0 Å². The molecule has 0 spiro atoms. The predicted molar refractivity (Wildman–Crippen MR) is 67.1 cm³/mol. The SMILES string of the molecule is NC(N)=N/N=C/C(=O)Nc1ccc(Br)cc1. The number of nitrogens with zero attached hydrogens (tertiary/aromatic N) is 2. The minimum atomic E-state index is -0.410. The van der Waals surface area contributed by atoms with Gasteiger partial charge in [0.2, 0.25) is 5.96 Å². The van der Waals surface area contributed by atoms with Crippen molar-refractivity contribution in [3.63, 3.8) is 0 Å². The van der Waals surface area contributed by atoms with E-state index in [0.29, 0.717) is 5.69 Å². The van der Waals surface area contributed by atoms with Crippen molar-refractivity contribution >= 4 is 39.7 Å². The summed E-state index contributed by atoms with van der Waals surface area (Å²) in [5, 5.41) is 9.25. The highest BCUT2D eigenvalue weighted by atomic mass is 79.9. The monoisotopic (exact) mass is 283 g/mol. The van der Waals surface area contributed by atoms with Gasteiger partial charge in [-0.25, -0.2) is 0 Å². The standard InChI is InChI=1S/C9H10BrN5O/c10-6-1-3-7(4-2-6)14-8(16)5-13-15-9(11)12/h1-5H,(H,14,16)(H4,11,12,15)/b13-5+. The predicted octanol–water partition coefficient (Wildman–Crippen LogP) is 0.647. The van der Waals surface area contributed by atoms with Crippen LogP contribution in [0.4, 0.5) is 5.69 Å². The molecule has 1 rings (SSSR count). The molecule has 1 amide bonds. The van der Waals surface area contributed by atoms with Crippen LogP contribution in [0.1, 0.15) is 0 Å². The van der Waals surface area contributed by atoms with E-state index in [4.69, 9.17) is 11.5 Å². The topological polar surface area (TPSA) is 106 Å². The van der Waals surface area contributed by atoms with E-state index < -0.39 is 5.91 Å². The Labute approximate surface area is 101 Å². The molecular weight excluding hydrogens is 274 g/mol. The number of halogens is 1. The molecule has 0 saturated carbocycles. The summed E-state index contributed by atoms with van der Waals surface area (Å²) in [5.74, 6) is -0.611. The van der Waals surface area contributed by atoms with E-state index in [1.165, 1.54) is 0 Å². The van der Waals surface area contributed by atoms with Gasteiger partial charge in [-0.15, -0.1) is 10.2 Å². The minimum Gasteiger partial charge on any atom is -0.369 e. The first-order valence-electron chi connectivity index (χ1n) is 4.26. The summed E-state index contributed by atoms with van der Waals surface area (Å²) in [6, 6.07) is 7.11. The Bertz CT molecular complexity index is 422. The molecule has 0 aliphatic carbocycles. The molecule has 0 unspecified atom stereocenters. The van der Waals surface area contributed by atoms with Gasteiger partial charge in [0.05, 0.1) is 0 Å². The summed E-state index contributed by atoms with van der Waals surface area (Å²) in [7, 11) is 0. The van der Waals surface area contributed by atoms with Crippen LogP contribution in [0.2, 0.25) is 0 Å². The molecule has 7 heteroatoms. The molecule has 1 aromatic rings. The zero-order valence-electron chi connectivity index (χ0n) is 8.22. The third-order valence-corrected chi connectivity index (χ3v) is 1.99. The number of carbonyl (C=O) groups is 1. The Balaban J connectivity index is 2.55. The number of carbonyl (C=O) groups excluding carboxylic acids is 1. The minimum absolute atomic E-state index is 0.201. The normalized spacial score (nSPS) is 10.1. The molecule has 0 atom stereocenters. The molecule has 0 heterocycles. The Hall–Kier alpha value is -1.89. The second-order valence-electron chi connectivity index (χ2n) is 2.77. The van der Waals surface area contributed by atoms with Crippen molar-refractivity contribution < 1.29 is 4.79 Å². The summed E-state index contributed by atoms with van der Waals surface area (Å²) >= 11 is 3.28. The van der Waals surface area contributed by atoms with Crippen LogP contribution in [-0.4, -0.2) is 18.1 Å². The molecule has 5 N–H and O–H groups in total. The van der Waals surface area contributed by atoms with Crippen LogP contribution in [0.25, 0.3) is 0 Å². The Morgan fingerprint density at radius 1 is 1.31 bits per heavy atom. The van der Waals surface area contributed by atoms with Crippen LogP contribution >= 0.6 is 15.9 Å². The second-order valence-corrected chi connectivity index (χ2v) is 3.68. The molecule has 0 bridgehead atoms. The summed E-state index contributed by atoms with van der Waals surface area (Å²) in [4.78, 5) is 11.3. The third kappa shape index (κ3) is 4.56. The van der Waals surface area contributed by atoms with Crippen LogP contribution in [0.5, 0.6) is 0 Å². The van der Waals surface area contributed by atoms with E-state index in [1.807, 2.05) is 12.1 Å². The second kappa shape index (κ2) is 5.86. The lowest BCUT2D eigenvalue weighted by Gasteiger charge is -2.00. The maximum Gasteiger partial charge on any atom is 0.268 e. The van der Waals surface area contributed by atoms with Crippen LogP contribution in [0.15, 0.2) is 38.9 Å². The van der Waals surface area contributed by atoms with Crippen molar-refractivity contribution in [1.82, 2.24) is 0 Å². The van der Waals surface area contributed by atoms with Crippen molar-refractivity contribution in [1.29, 1.82) is 0 Å². The molecule has 0 radical (unpaired) electrons. The van der Waals surface area contributed by atoms with E-state index >= 15 is 0 Å². The molecule has 0 fully saturated rings. The molecule has 1 aromatic carbocycles. The molecule has 16 heavy (non-hydrogen) atoms. The van der Waals surface area contributed by atoms with Gasteiger partial charge in [-0.05, 0) is 24.3 Å². The van der Waals surface area contributed by atoms with Crippen molar-refractivity contribution in [2.75, 3.05) is 5.32 Å². The molecule has 0 aliphatic heterocycles. The first-order valence-corrected chi connectivity index (χ1v) is 5.06. The van der Waals surface area contributed by atoms with Crippen LogP contribution < -0.4 is 16.8 Å². The fourth-order valence-corrected chi connectivity index (χ4v) is 1.12. The fourth-order valence-electron chi connectivity index (χ4n) is 0.856. The number of rotatable bonds is 3. The maximum atomic E-state index is 11.3. The smallest absolute Gasteiger partial charge is 0.268 e. The van der Waals surface area contributed by atoms with Gasteiger partial charge in [-0.2, -0.15) is 0 Å². The zero-order valence-corrected chi connectivity index (χ0v) is 9.81. The highest BCUT2D eigenvalue weighted by molar-refractivity contribution is 9.10. The first-order chi connectivity index (χ1) is 7.58. The fraction of sp³-hybridized carbons (Fsp3) is 0. The average molecular weight is 284 g/mol. The van der Waals surface area contributed by atoms with Gasteiger partial charge < -0.3 is 16.8 Å². The molecule has 0 aliphatic rings. The van der Waals surface area contributed by atoms with Crippen molar-refractivity contribution in [3.05, 3.63) is 28.7 Å². The van der Waals surface area contributed by atoms with Crippen molar-refractivity contribution in [2.45, 2.75) is 0 Å². The van der Waals surface area contributed by atoms with Crippen molar-refractivity contribution in [2.24, 2.45) is 21.7 Å². The molecular formula is C9H10BrN5O. The van der Waals surface area contributed by atoms with E-state index in [9.17, 15) is 4.79 Å². The van der Waals surface area contributed by atoms with E-state index in [0.717, 1.165) is 10.7 Å². The van der Waals surface area contributed by atoms with E-state index in [2.05, 4.69) is 31.4 Å². The maximum absolute atomic E-state index is 11.3. The average Bonchev–Trinajstić information content (AvgIpc) is 2.21. The van der Waals surface area contributed by atoms with Gasteiger partial charge in [-0.1, -0.05) is 15.9 Å². The number of benzene rings is 1. The largest absolute Gasteiger partial charge is 0.369 e. The number of hydrogen-bond acceptors (Lipinski definition) is 3. The van der Waals surface area contributed by atoms with E-state index in [-0.39, 0.29) is 5.96 Å². The van der Waals surface area contributed by atoms with Crippen LogP contribution in [-0.2, 0) is 4.79 Å². The quantitative estimate of drug-likeness (QED) is 0.431. The number of nitrogens with one attached hydrogen (secondary N) is 1. The third-order valence-electron chi connectivity index (χ3n) is 1.46. The van der Waals surface area contributed by atoms with Gasteiger partial charge in [0.1, 0.15) is 6.21 Å². The van der Waals surface area contributed by atoms with Crippen LogP contribution in [0.3, 0.4) is 0 Å². The Kier molecular flexibility index (Phi) is 4.46. The molecule has 0 saturated heterocycles. The number of hydrogen-bond donors (Lipinski definition) is 3. The molecule has 6 nitrogen and oxygen atoms in total. The number of amides is 1. The Morgan fingerprint density at radius 3 is 2.50 bits per heavy atom. The van der Waals surface area contributed by atoms with Gasteiger partial charge in [0.25, 0.3) is 5.91 Å². The molecule has 84 valence electrons. The lowest BCUT2D eigenvalue weighted by Crippen LogP contribution is -2.22.